The Hall–Kier alpha value is -7.50. The molecule has 0 unspecified atom stereocenters. The maximum absolute atomic E-state index is 6.80. The van der Waals surface area contributed by atoms with E-state index in [1.54, 1.807) is 0 Å². The van der Waals surface area contributed by atoms with Crippen LogP contribution in [0.1, 0.15) is 0 Å². The Balaban J connectivity index is 1.24. The molecule has 5 heteroatoms. The molecule has 0 atom stereocenters. The van der Waals surface area contributed by atoms with Crippen LogP contribution in [0.15, 0.2) is 174 Å². The number of furan rings is 1. The van der Waals surface area contributed by atoms with Gasteiger partial charge in [-0.1, -0.05) is 133 Å². The van der Waals surface area contributed by atoms with Gasteiger partial charge in [-0.05, 0) is 58.3 Å². The van der Waals surface area contributed by atoms with Crippen molar-refractivity contribution in [1.82, 2.24) is 18.9 Å². The van der Waals surface area contributed by atoms with Gasteiger partial charge in [0.15, 0.2) is 17.2 Å². The van der Waals surface area contributed by atoms with E-state index in [2.05, 4.69) is 155 Å². The Morgan fingerprint density at radius 2 is 1.07 bits per heavy atom. The molecule has 0 saturated carbocycles. The highest BCUT2D eigenvalue weighted by Crippen LogP contribution is 2.48. The highest BCUT2D eigenvalue weighted by molar-refractivity contribution is 6.36. The largest absolute Gasteiger partial charge is 0.450 e. The molecular weight excluding hydrogens is 673 g/mol. The molecule has 0 amide bonds. The van der Waals surface area contributed by atoms with Crippen molar-refractivity contribution < 1.29 is 4.42 Å². The Bertz CT molecular complexity index is 3700. The van der Waals surface area contributed by atoms with E-state index in [0.29, 0.717) is 11.4 Å². The number of fused-ring (bicyclic) bond motifs is 15. The van der Waals surface area contributed by atoms with Crippen molar-refractivity contribution in [3.63, 3.8) is 0 Å². The van der Waals surface area contributed by atoms with Crippen molar-refractivity contribution in [1.29, 1.82) is 0 Å². The van der Waals surface area contributed by atoms with Crippen molar-refractivity contribution in [2.24, 2.45) is 0 Å². The molecule has 0 bridgehead atoms. The van der Waals surface area contributed by atoms with Crippen LogP contribution < -0.4 is 0 Å². The maximum Gasteiger partial charge on any atom is 0.197 e. The van der Waals surface area contributed by atoms with Gasteiger partial charge in [0.05, 0.1) is 27.6 Å². The predicted molar refractivity (Wildman–Crippen MR) is 227 cm³/mol. The summed E-state index contributed by atoms with van der Waals surface area (Å²) in [6.07, 6.45) is 0. The SMILES string of the molecule is c1ccc(-c2ccc(-c3nc(-n4c5ccc6ccccc6c5c5cc6c7ccccc7n7c8ccccc8c(c54)c67)c4oc5ccccc5c4n3)cc2)cc1. The molecule has 0 aliphatic carbocycles. The summed E-state index contributed by atoms with van der Waals surface area (Å²) in [5.74, 6) is 1.37. The molecule has 5 aromatic heterocycles. The van der Waals surface area contributed by atoms with E-state index < -0.39 is 0 Å². The first-order chi connectivity index (χ1) is 27.3. The van der Waals surface area contributed by atoms with Gasteiger partial charge in [-0.25, -0.2) is 9.97 Å². The summed E-state index contributed by atoms with van der Waals surface area (Å²) in [5.41, 5.74) is 11.3. The van der Waals surface area contributed by atoms with E-state index in [0.717, 1.165) is 44.5 Å². The lowest BCUT2D eigenvalue weighted by Gasteiger charge is -2.11. The summed E-state index contributed by atoms with van der Waals surface area (Å²) < 4.78 is 11.6. The molecule has 0 radical (unpaired) electrons. The summed E-state index contributed by atoms with van der Waals surface area (Å²) in [6, 6.07) is 60.4. The minimum atomic E-state index is 0.650. The van der Waals surface area contributed by atoms with Crippen LogP contribution in [0.5, 0.6) is 0 Å². The third-order valence-electron chi connectivity index (χ3n) is 11.7. The molecule has 8 aromatic carbocycles. The third kappa shape index (κ3) is 3.81. The fourth-order valence-corrected chi connectivity index (χ4v) is 9.29. The van der Waals surface area contributed by atoms with Gasteiger partial charge in [0.1, 0.15) is 11.1 Å². The number of hydrogen-bond acceptors (Lipinski definition) is 3. The molecule has 0 fully saturated rings. The summed E-state index contributed by atoms with van der Waals surface area (Å²) in [6.45, 7) is 0. The zero-order valence-corrected chi connectivity index (χ0v) is 29.4. The van der Waals surface area contributed by atoms with E-state index >= 15 is 0 Å². The van der Waals surface area contributed by atoms with Crippen molar-refractivity contribution in [3.8, 4) is 28.3 Å². The Kier molecular flexibility index (Phi) is 5.57. The minimum Gasteiger partial charge on any atom is -0.450 e. The lowest BCUT2D eigenvalue weighted by molar-refractivity contribution is 0.662. The highest BCUT2D eigenvalue weighted by atomic mass is 16.3. The van der Waals surface area contributed by atoms with E-state index in [1.807, 2.05) is 24.3 Å². The second-order valence-electron chi connectivity index (χ2n) is 14.5. The molecule has 0 spiro atoms. The van der Waals surface area contributed by atoms with Crippen LogP contribution in [-0.4, -0.2) is 18.9 Å². The van der Waals surface area contributed by atoms with Gasteiger partial charge in [-0.15, -0.1) is 0 Å². The zero-order chi connectivity index (χ0) is 35.8. The Morgan fingerprint density at radius 3 is 1.91 bits per heavy atom. The summed E-state index contributed by atoms with van der Waals surface area (Å²) >= 11 is 0. The second kappa shape index (κ2) is 10.6. The van der Waals surface area contributed by atoms with Crippen LogP contribution in [0.25, 0.3) is 121 Å². The molecular formula is C50H28N4O. The monoisotopic (exact) mass is 700 g/mol. The number of nitrogens with zero attached hydrogens (tertiary/aromatic N) is 4. The molecule has 5 heterocycles. The van der Waals surface area contributed by atoms with E-state index in [1.165, 1.54) is 65.2 Å². The van der Waals surface area contributed by atoms with Gasteiger partial charge >= 0.3 is 0 Å². The first kappa shape index (κ1) is 29.0. The van der Waals surface area contributed by atoms with Gasteiger partial charge in [-0.3, -0.25) is 4.57 Å². The normalized spacial score (nSPS) is 12.4. The first-order valence-corrected chi connectivity index (χ1v) is 18.7. The van der Waals surface area contributed by atoms with E-state index in [-0.39, 0.29) is 0 Å². The number of hydrogen-bond donors (Lipinski definition) is 0. The van der Waals surface area contributed by atoms with Gasteiger partial charge in [0, 0.05) is 43.3 Å². The van der Waals surface area contributed by atoms with Gasteiger partial charge in [-0.2, -0.15) is 0 Å². The van der Waals surface area contributed by atoms with Crippen molar-refractivity contribution in [2.45, 2.75) is 0 Å². The number of para-hydroxylation sites is 3. The van der Waals surface area contributed by atoms with Crippen LogP contribution >= 0.6 is 0 Å². The maximum atomic E-state index is 6.80. The summed E-state index contributed by atoms with van der Waals surface area (Å²) in [7, 11) is 0. The molecule has 0 saturated heterocycles. The fourth-order valence-electron chi connectivity index (χ4n) is 9.29. The van der Waals surface area contributed by atoms with Crippen molar-refractivity contribution in [3.05, 3.63) is 170 Å². The highest BCUT2D eigenvalue weighted by Gasteiger charge is 2.28. The molecule has 5 nitrogen and oxygen atoms in total. The Morgan fingerprint density at radius 1 is 0.418 bits per heavy atom. The number of aromatic nitrogens is 4. The second-order valence-corrected chi connectivity index (χ2v) is 14.5. The number of rotatable bonds is 3. The molecule has 0 N–H and O–H groups in total. The lowest BCUT2D eigenvalue weighted by Crippen LogP contribution is -2.02. The van der Waals surface area contributed by atoms with Gasteiger partial charge in [0.25, 0.3) is 0 Å². The van der Waals surface area contributed by atoms with Gasteiger partial charge in [0.2, 0.25) is 0 Å². The predicted octanol–water partition coefficient (Wildman–Crippen LogP) is 13.1. The standard InChI is InChI=1S/C50H28N4O/c1-2-12-29(13-3-1)30-22-24-32(25-23-30)49-51-45-36-18-8-11-21-42(36)55-48(45)50(52-49)54-41-27-26-31-14-4-5-15-33(31)43(41)38-28-37-34-16-6-9-19-39(34)53-40-20-10-7-17-35(40)44(46(37)53)47(38)54/h1-28H. The quantitative estimate of drug-likeness (QED) is 0.184. The van der Waals surface area contributed by atoms with Crippen LogP contribution in [0.3, 0.4) is 0 Å². The van der Waals surface area contributed by atoms with Crippen molar-refractivity contribution >= 4 is 92.7 Å². The van der Waals surface area contributed by atoms with E-state index in [4.69, 9.17) is 14.4 Å². The minimum absolute atomic E-state index is 0.650. The molecule has 55 heavy (non-hydrogen) atoms. The average molecular weight is 701 g/mol. The van der Waals surface area contributed by atoms with E-state index in [9.17, 15) is 0 Å². The van der Waals surface area contributed by atoms with Crippen LogP contribution in [0.2, 0.25) is 0 Å². The van der Waals surface area contributed by atoms with Crippen molar-refractivity contribution in [2.75, 3.05) is 0 Å². The smallest absolute Gasteiger partial charge is 0.197 e. The summed E-state index contributed by atoms with van der Waals surface area (Å²) in [5, 5.41) is 10.7. The summed E-state index contributed by atoms with van der Waals surface area (Å²) in [4.78, 5) is 10.8. The van der Waals surface area contributed by atoms with Gasteiger partial charge < -0.3 is 8.82 Å². The van der Waals surface area contributed by atoms with Crippen LogP contribution in [0.4, 0.5) is 0 Å². The zero-order valence-electron chi connectivity index (χ0n) is 29.4. The van der Waals surface area contributed by atoms with Crippen LogP contribution in [0, 0.1) is 0 Å². The molecule has 13 rings (SSSR count). The third-order valence-corrected chi connectivity index (χ3v) is 11.7. The molecule has 0 aliphatic rings. The molecule has 0 aliphatic heterocycles. The molecule has 254 valence electrons. The lowest BCUT2D eigenvalue weighted by atomic mass is 10.0. The Labute approximate surface area is 313 Å². The topological polar surface area (TPSA) is 48.3 Å². The average Bonchev–Trinajstić information content (AvgIpc) is 3.99. The number of benzene rings is 8. The molecule has 13 aromatic rings. The fraction of sp³-hybridized carbons (Fsp3) is 0. The first-order valence-electron chi connectivity index (χ1n) is 18.7. The van der Waals surface area contributed by atoms with Crippen LogP contribution in [-0.2, 0) is 0 Å².